The van der Waals surface area contributed by atoms with Crippen molar-refractivity contribution < 1.29 is 14.1 Å². The highest BCUT2D eigenvalue weighted by molar-refractivity contribution is 6.03. The number of carbonyl (C=O) groups excluding carboxylic acids is 2. The van der Waals surface area contributed by atoms with Crippen LogP contribution in [-0.4, -0.2) is 34.5 Å². The van der Waals surface area contributed by atoms with Crippen molar-refractivity contribution >= 4 is 17.5 Å². The average molecular weight is 390 g/mol. The molecule has 1 atom stereocenters. The van der Waals surface area contributed by atoms with Crippen molar-refractivity contribution in [1.82, 2.24) is 15.5 Å². The number of para-hydroxylation sites is 1. The van der Waals surface area contributed by atoms with E-state index in [1.54, 1.807) is 4.90 Å². The number of nitrogens with one attached hydrogen (secondary N) is 1. The largest absolute Gasteiger partial charge is 0.354 e. The van der Waals surface area contributed by atoms with E-state index in [1.807, 2.05) is 60.7 Å². The van der Waals surface area contributed by atoms with Gasteiger partial charge in [-0.05, 0) is 25.0 Å². The summed E-state index contributed by atoms with van der Waals surface area (Å²) in [5, 5.41) is 6.93. The molecule has 1 unspecified atom stereocenters. The summed E-state index contributed by atoms with van der Waals surface area (Å²) in [7, 11) is 0. The number of aromatic nitrogens is 2. The lowest BCUT2D eigenvalue weighted by Crippen LogP contribution is -2.45. The van der Waals surface area contributed by atoms with Gasteiger partial charge < -0.3 is 9.84 Å². The molecule has 4 rings (SSSR count). The number of amides is 2. The van der Waals surface area contributed by atoms with Crippen molar-refractivity contribution in [3.05, 3.63) is 66.6 Å². The zero-order chi connectivity index (χ0) is 20.1. The first-order valence-electron chi connectivity index (χ1n) is 9.75. The van der Waals surface area contributed by atoms with E-state index < -0.39 is 6.04 Å². The van der Waals surface area contributed by atoms with Crippen LogP contribution in [0.5, 0.6) is 0 Å². The molecular weight excluding hydrogens is 368 g/mol. The van der Waals surface area contributed by atoms with Crippen LogP contribution >= 0.6 is 0 Å². The molecular formula is C22H22N4O3. The summed E-state index contributed by atoms with van der Waals surface area (Å²) in [4.78, 5) is 30.9. The smallest absolute Gasteiger partial charge is 0.243 e. The number of hydrogen-bond donors (Lipinski definition) is 1. The van der Waals surface area contributed by atoms with Gasteiger partial charge in [0.2, 0.25) is 23.5 Å². The van der Waals surface area contributed by atoms with E-state index in [4.69, 9.17) is 4.52 Å². The van der Waals surface area contributed by atoms with Crippen molar-refractivity contribution in [3.63, 3.8) is 0 Å². The third-order valence-corrected chi connectivity index (χ3v) is 4.92. The first-order chi connectivity index (χ1) is 14.2. The molecule has 0 aliphatic carbocycles. The minimum atomic E-state index is -0.460. The lowest BCUT2D eigenvalue weighted by atomic mass is 10.2. The number of rotatable bonds is 7. The Labute approximate surface area is 168 Å². The number of benzene rings is 2. The summed E-state index contributed by atoms with van der Waals surface area (Å²) in [6.07, 6.45) is 2.17. The van der Waals surface area contributed by atoms with E-state index in [2.05, 4.69) is 15.5 Å². The molecule has 1 aromatic heterocycles. The van der Waals surface area contributed by atoms with Crippen LogP contribution < -0.4 is 10.2 Å². The van der Waals surface area contributed by atoms with Gasteiger partial charge >= 0.3 is 0 Å². The maximum absolute atomic E-state index is 12.6. The molecule has 2 aromatic carbocycles. The number of aryl methyl sites for hydroxylation is 1. The summed E-state index contributed by atoms with van der Waals surface area (Å²) in [5.41, 5.74) is 1.66. The first kappa shape index (κ1) is 18.9. The fourth-order valence-corrected chi connectivity index (χ4v) is 3.47. The fourth-order valence-electron chi connectivity index (χ4n) is 3.47. The van der Waals surface area contributed by atoms with Gasteiger partial charge in [0.15, 0.2) is 0 Å². The summed E-state index contributed by atoms with van der Waals surface area (Å²) in [6.45, 7) is 0.481. The maximum atomic E-state index is 12.6. The third-order valence-electron chi connectivity index (χ3n) is 4.92. The van der Waals surface area contributed by atoms with E-state index in [0.29, 0.717) is 43.9 Å². The van der Waals surface area contributed by atoms with Crippen molar-refractivity contribution in [2.24, 2.45) is 0 Å². The topological polar surface area (TPSA) is 88.3 Å². The molecule has 7 nitrogen and oxygen atoms in total. The van der Waals surface area contributed by atoms with Gasteiger partial charge in [0.05, 0.1) is 0 Å². The van der Waals surface area contributed by atoms with Gasteiger partial charge in [-0.2, -0.15) is 4.98 Å². The van der Waals surface area contributed by atoms with Gasteiger partial charge in [-0.25, -0.2) is 0 Å². The Morgan fingerprint density at radius 2 is 1.83 bits per heavy atom. The predicted octanol–water partition coefficient (Wildman–Crippen LogP) is 2.98. The van der Waals surface area contributed by atoms with Crippen LogP contribution in [0.3, 0.4) is 0 Å². The summed E-state index contributed by atoms with van der Waals surface area (Å²) in [6, 6.07) is 18.5. The zero-order valence-corrected chi connectivity index (χ0v) is 16.0. The Bertz CT molecular complexity index is 972. The molecule has 0 bridgehead atoms. The molecule has 3 aromatic rings. The summed E-state index contributed by atoms with van der Waals surface area (Å²) < 4.78 is 5.29. The van der Waals surface area contributed by atoms with Crippen LogP contribution in [0.15, 0.2) is 65.2 Å². The Morgan fingerprint density at radius 1 is 1.10 bits per heavy atom. The molecule has 0 saturated carbocycles. The van der Waals surface area contributed by atoms with Gasteiger partial charge in [0, 0.05) is 30.6 Å². The highest BCUT2D eigenvalue weighted by Gasteiger charge is 2.36. The van der Waals surface area contributed by atoms with Gasteiger partial charge in [-0.15, -0.1) is 0 Å². The van der Waals surface area contributed by atoms with Crippen LogP contribution in [-0.2, 0) is 16.0 Å². The number of carbonyl (C=O) groups is 2. The zero-order valence-electron chi connectivity index (χ0n) is 16.0. The Kier molecular flexibility index (Phi) is 5.65. The van der Waals surface area contributed by atoms with Crippen LogP contribution in [0.2, 0.25) is 0 Å². The lowest BCUT2D eigenvalue weighted by Gasteiger charge is -2.24. The van der Waals surface area contributed by atoms with E-state index in [1.165, 1.54) is 0 Å². The minimum Gasteiger partial charge on any atom is -0.354 e. The van der Waals surface area contributed by atoms with Gasteiger partial charge in [0.1, 0.15) is 6.04 Å². The van der Waals surface area contributed by atoms with E-state index in [9.17, 15) is 9.59 Å². The Morgan fingerprint density at radius 3 is 2.59 bits per heavy atom. The van der Waals surface area contributed by atoms with Crippen LogP contribution in [0.4, 0.5) is 5.69 Å². The minimum absolute atomic E-state index is 0.0179. The number of anilines is 1. The van der Waals surface area contributed by atoms with E-state index in [0.717, 1.165) is 11.3 Å². The summed E-state index contributed by atoms with van der Waals surface area (Å²) in [5.74, 6) is 0.957. The highest BCUT2D eigenvalue weighted by Crippen LogP contribution is 2.26. The molecule has 29 heavy (non-hydrogen) atoms. The van der Waals surface area contributed by atoms with E-state index in [-0.39, 0.29) is 11.8 Å². The molecule has 2 heterocycles. The second kappa shape index (κ2) is 8.68. The molecule has 1 aliphatic rings. The van der Waals surface area contributed by atoms with Crippen molar-refractivity contribution in [2.45, 2.75) is 31.7 Å². The monoisotopic (exact) mass is 390 g/mol. The second-order valence-corrected chi connectivity index (χ2v) is 6.93. The molecule has 0 radical (unpaired) electrons. The molecule has 148 valence electrons. The van der Waals surface area contributed by atoms with Gasteiger partial charge in [-0.3, -0.25) is 14.5 Å². The SMILES string of the molecule is O=C(NCCCc1nc(-c2ccccc2)no1)C1CCC(=O)N1c1ccccc1. The van der Waals surface area contributed by atoms with Gasteiger partial charge in [0.25, 0.3) is 0 Å². The third kappa shape index (κ3) is 4.34. The van der Waals surface area contributed by atoms with Crippen LogP contribution in [0.1, 0.15) is 25.2 Å². The van der Waals surface area contributed by atoms with Gasteiger partial charge in [-0.1, -0.05) is 53.7 Å². The quantitative estimate of drug-likeness (QED) is 0.627. The van der Waals surface area contributed by atoms with E-state index >= 15 is 0 Å². The molecule has 2 amide bonds. The molecule has 1 aliphatic heterocycles. The Hall–Kier alpha value is -3.48. The first-order valence-corrected chi connectivity index (χ1v) is 9.75. The molecule has 0 spiro atoms. The van der Waals surface area contributed by atoms with Crippen LogP contribution in [0.25, 0.3) is 11.4 Å². The second-order valence-electron chi connectivity index (χ2n) is 6.93. The highest BCUT2D eigenvalue weighted by atomic mass is 16.5. The fraction of sp³-hybridized carbons (Fsp3) is 0.273. The van der Waals surface area contributed by atoms with Crippen molar-refractivity contribution in [3.8, 4) is 11.4 Å². The lowest BCUT2D eigenvalue weighted by molar-refractivity contribution is -0.123. The maximum Gasteiger partial charge on any atom is 0.243 e. The molecule has 1 saturated heterocycles. The molecule has 1 N–H and O–H groups in total. The number of nitrogens with zero attached hydrogens (tertiary/aromatic N) is 3. The average Bonchev–Trinajstić information content (AvgIpc) is 3.39. The standard InChI is InChI=1S/C22H22N4O3/c27-20-14-13-18(26(20)17-10-5-2-6-11-17)22(28)23-15-7-12-19-24-21(25-29-19)16-8-3-1-4-9-16/h1-6,8-11,18H,7,12-15H2,(H,23,28). The predicted molar refractivity (Wildman–Crippen MR) is 108 cm³/mol. The van der Waals surface area contributed by atoms with Crippen molar-refractivity contribution in [1.29, 1.82) is 0 Å². The molecule has 1 fully saturated rings. The molecule has 7 heteroatoms. The van der Waals surface area contributed by atoms with Crippen molar-refractivity contribution in [2.75, 3.05) is 11.4 Å². The number of hydrogen-bond acceptors (Lipinski definition) is 5. The Balaban J connectivity index is 1.28. The normalized spacial score (nSPS) is 16.2. The summed E-state index contributed by atoms with van der Waals surface area (Å²) >= 11 is 0. The van der Waals surface area contributed by atoms with Crippen LogP contribution in [0, 0.1) is 0 Å².